The fraction of sp³-hybridized carbons (Fsp3) is 0.444. The van der Waals surface area contributed by atoms with E-state index in [1.54, 1.807) is 18.0 Å². The number of ether oxygens (including phenoxy) is 1. The molecule has 2 heterocycles. The van der Waals surface area contributed by atoms with Crippen molar-refractivity contribution >= 4 is 22.6 Å². The maximum Gasteiger partial charge on any atom is 0.317 e. The maximum absolute atomic E-state index is 14.1. The number of aromatic nitrogens is 1. The molecule has 6 nitrogen and oxygen atoms in total. The first-order valence-corrected chi connectivity index (χ1v) is 8.27. The van der Waals surface area contributed by atoms with Gasteiger partial charge in [-0.25, -0.2) is 9.37 Å². The van der Waals surface area contributed by atoms with Crippen LogP contribution in [0.4, 0.5) is 10.1 Å². The van der Waals surface area contributed by atoms with Crippen LogP contribution in [0, 0.1) is 12.7 Å². The van der Waals surface area contributed by atoms with E-state index in [-0.39, 0.29) is 18.5 Å². The largest absolute Gasteiger partial charge is 0.480 e. The van der Waals surface area contributed by atoms with Gasteiger partial charge in [-0.2, -0.15) is 0 Å². The fourth-order valence-electron chi connectivity index (χ4n) is 3.27. The summed E-state index contributed by atoms with van der Waals surface area (Å²) >= 11 is 0. The van der Waals surface area contributed by atoms with E-state index in [1.807, 2.05) is 19.1 Å². The number of rotatable bonds is 5. The number of likely N-dealkylation sites (N-methyl/N-ethyl adjacent to an activating group) is 1. The van der Waals surface area contributed by atoms with Gasteiger partial charge in [0.15, 0.2) is 0 Å². The molecule has 0 amide bonds. The Kier molecular flexibility index (Phi) is 5.15. The van der Waals surface area contributed by atoms with Crippen LogP contribution in [0.2, 0.25) is 0 Å². The van der Waals surface area contributed by atoms with E-state index in [0.717, 1.165) is 16.8 Å². The van der Waals surface area contributed by atoms with Crippen LogP contribution in [0.3, 0.4) is 0 Å². The molecule has 0 aliphatic carbocycles. The maximum atomic E-state index is 14.1. The van der Waals surface area contributed by atoms with Crippen molar-refractivity contribution in [3.8, 4) is 0 Å². The third-order valence-electron chi connectivity index (χ3n) is 4.30. The predicted molar refractivity (Wildman–Crippen MR) is 93.5 cm³/mol. The molecule has 0 bridgehead atoms. The number of anilines is 1. The molecule has 1 unspecified atom stereocenters. The highest BCUT2D eigenvalue weighted by atomic mass is 19.1. The van der Waals surface area contributed by atoms with E-state index in [9.17, 15) is 9.18 Å². The minimum atomic E-state index is -0.860. The molecular formula is C18H22FN3O3. The van der Waals surface area contributed by atoms with Crippen molar-refractivity contribution in [3.63, 3.8) is 0 Å². The van der Waals surface area contributed by atoms with Gasteiger partial charge in [-0.15, -0.1) is 0 Å². The van der Waals surface area contributed by atoms with Gasteiger partial charge < -0.3 is 14.7 Å². The van der Waals surface area contributed by atoms with Crippen LogP contribution in [0.1, 0.15) is 5.69 Å². The summed E-state index contributed by atoms with van der Waals surface area (Å²) < 4.78 is 19.9. The number of aryl methyl sites for hydroxylation is 1. The zero-order valence-corrected chi connectivity index (χ0v) is 14.4. The van der Waals surface area contributed by atoms with Gasteiger partial charge in [-0.3, -0.25) is 9.69 Å². The lowest BCUT2D eigenvalue weighted by Crippen LogP contribution is -2.47. The smallest absolute Gasteiger partial charge is 0.317 e. The Morgan fingerprint density at radius 1 is 1.52 bits per heavy atom. The number of nitrogens with zero attached hydrogens (tertiary/aromatic N) is 3. The molecule has 134 valence electrons. The monoisotopic (exact) mass is 347 g/mol. The lowest BCUT2D eigenvalue weighted by Gasteiger charge is -2.36. The number of carboxylic acid groups (broad SMARTS) is 1. The quantitative estimate of drug-likeness (QED) is 0.891. The van der Waals surface area contributed by atoms with Gasteiger partial charge in [-0.05, 0) is 26.1 Å². The van der Waals surface area contributed by atoms with E-state index >= 15 is 0 Å². The number of aliphatic carboxylic acids is 1. The van der Waals surface area contributed by atoms with Crippen molar-refractivity contribution in [2.75, 3.05) is 44.7 Å². The third kappa shape index (κ3) is 4.05. The normalized spacial score (nSPS) is 18.1. The van der Waals surface area contributed by atoms with Crippen LogP contribution in [0.15, 0.2) is 24.3 Å². The van der Waals surface area contributed by atoms with Crippen molar-refractivity contribution in [2.45, 2.75) is 13.0 Å². The zero-order valence-electron chi connectivity index (χ0n) is 14.4. The van der Waals surface area contributed by atoms with E-state index < -0.39 is 5.97 Å². The van der Waals surface area contributed by atoms with Crippen LogP contribution >= 0.6 is 0 Å². The highest BCUT2D eigenvalue weighted by molar-refractivity contribution is 5.92. The summed E-state index contributed by atoms with van der Waals surface area (Å²) in [6.07, 6.45) is -0.102. The molecule has 2 aromatic rings. The number of fused-ring (bicyclic) bond motifs is 1. The molecule has 25 heavy (non-hydrogen) atoms. The van der Waals surface area contributed by atoms with E-state index in [4.69, 9.17) is 9.84 Å². The highest BCUT2D eigenvalue weighted by Crippen LogP contribution is 2.29. The average Bonchev–Trinajstić information content (AvgIpc) is 2.54. The van der Waals surface area contributed by atoms with Crippen molar-refractivity contribution < 1.29 is 19.0 Å². The van der Waals surface area contributed by atoms with Gasteiger partial charge in [0.25, 0.3) is 0 Å². The molecule has 0 spiro atoms. The summed E-state index contributed by atoms with van der Waals surface area (Å²) in [5, 5.41) is 9.67. The van der Waals surface area contributed by atoms with Crippen molar-refractivity contribution in [2.24, 2.45) is 0 Å². The lowest BCUT2D eigenvalue weighted by molar-refractivity contribution is -0.138. The Morgan fingerprint density at radius 3 is 3.08 bits per heavy atom. The molecule has 1 aromatic heterocycles. The average molecular weight is 347 g/mol. The highest BCUT2D eigenvalue weighted by Gasteiger charge is 2.24. The first-order valence-electron chi connectivity index (χ1n) is 8.27. The van der Waals surface area contributed by atoms with E-state index in [2.05, 4.69) is 9.88 Å². The number of carbonyl (C=O) groups is 1. The second kappa shape index (κ2) is 7.33. The Balaban J connectivity index is 1.83. The van der Waals surface area contributed by atoms with Crippen LogP contribution in [0.5, 0.6) is 0 Å². The van der Waals surface area contributed by atoms with Gasteiger partial charge in [0, 0.05) is 36.4 Å². The molecule has 7 heteroatoms. The second-order valence-corrected chi connectivity index (χ2v) is 6.45. The summed E-state index contributed by atoms with van der Waals surface area (Å²) in [5.74, 6) is -1.19. The van der Waals surface area contributed by atoms with Gasteiger partial charge in [0.1, 0.15) is 11.3 Å². The SMILES string of the molecule is Cc1cc(N2CCOC(CN(C)CC(=O)O)C2)c2cccc(F)c2n1. The molecule has 0 saturated carbocycles. The van der Waals surface area contributed by atoms with Crippen LogP contribution in [-0.4, -0.2) is 66.9 Å². The lowest BCUT2D eigenvalue weighted by atomic mass is 10.1. The zero-order chi connectivity index (χ0) is 18.0. The third-order valence-corrected chi connectivity index (χ3v) is 4.30. The molecule has 1 aliphatic heterocycles. The first-order chi connectivity index (χ1) is 11.9. The molecule has 1 N–H and O–H groups in total. The van der Waals surface area contributed by atoms with Crippen LogP contribution < -0.4 is 4.90 Å². The van der Waals surface area contributed by atoms with Gasteiger partial charge in [0.2, 0.25) is 0 Å². The van der Waals surface area contributed by atoms with E-state index in [0.29, 0.717) is 31.8 Å². The molecule has 1 atom stereocenters. The molecular weight excluding hydrogens is 325 g/mol. The number of para-hydroxylation sites is 1. The second-order valence-electron chi connectivity index (χ2n) is 6.45. The molecule has 1 aliphatic rings. The summed E-state index contributed by atoms with van der Waals surface area (Å²) in [4.78, 5) is 19.0. The Labute approximate surface area is 145 Å². The molecule has 1 saturated heterocycles. The Hall–Kier alpha value is -2.25. The molecule has 0 radical (unpaired) electrons. The standard InChI is InChI=1S/C18H22FN3O3/c1-12-8-16(14-4-3-5-15(19)18(14)20-12)22-6-7-25-13(10-22)9-21(2)11-17(23)24/h3-5,8,13H,6-7,9-11H2,1-2H3,(H,23,24). The number of halogens is 1. The van der Waals surface area contributed by atoms with Crippen LogP contribution in [0.25, 0.3) is 10.9 Å². The Morgan fingerprint density at radius 2 is 2.32 bits per heavy atom. The first kappa shape index (κ1) is 17.6. The van der Waals surface area contributed by atoms with Crippen molar-refractivity contribution in [1.82, 2.24) is 9.88 Å². The number of carboxylic acids is 1. The van der Waals surface area contributed by atoms with Crippen LogP contribution in [-0.2, 0) is 9.53 Å². The number of hydrogen-bond donors (Lipinski definition) is 1. The van der Waals surface area contributed by atoms with Gasteiger partial charge in [0.05, 0.1) is 19.3 Å². The van der Waals surface area contributed by atoms with Crippen molar-refractivity contribution in [3.05, 3.63) is 35.8 Å². The minimum Gasteiger partial charge on any atom is -0.480 e. The van der Waals surface area contributed by atoms with Gasteiger partial charge >= 0.3 is 5.97 Å². The number of benzene rings is 1. The fourth-order valence-corrected chi connectivity index (χ4v) is 3.27. The number of morpholine rings is 1. The minimum absolute atomic E-state index is 0.0254. The summed E-state index contributed by atoms with van der Waals surface area (Å²) in [6.45, 7) is 4.23. The molecule has 1 fully saturated rings. The number of pyridine rings is 1. The topological polar surface area (TPSA) is 65.9 Å². The summed E-state index contributed by atoms with van der Waals surface area (Å²) in [5.41, 5.74) is 2.08. The predicted octanol–water partition coefficient (Wildman–Crippen LogP) is 1.90. The van der Waals surface area contributed by atoms with Gasteiger partial charge in [-0.1, -0.05) is 12.1 Å². The van der Waals surface area contributed by atoms with E-state index in [1.165, 1.54) is 6.07 Å². The number of hydrogen-bond acceptors (Lipinski definition) is 5. The molecule has 3 rings (SSSR count). The molecule has 1 aromatic carbocycles. The summed E-state index contributed by atoms with van der Waals surface area (Å²) in [6, 6.07) is 6.95. The Bertz CT molecular complexity index is 783. The summed E-state index contributed by atoms with van der Waals surface area (Å²) in [7, 11) is 1.76. The van der Waals surface area contributed by atoms with Crippen molar-refractivity contribution in [1.29, 1.82) is 0 Å².